The molecule has 0 aromatic rings. The molecule has 0 aromatic carbocycles. The second-order valence-corrected chi connectivity index (χ2v) is 5.23. The van der Waals surface area contributed by atoms with E-state index in [2.05, 4.69) is 12.2 Å². The third kappa shape index (κ3) is 4.20. The summed E-state index contributed by atoms with van der Waals surface area (Å²) in [7, 11) is 0. The molecule has 0 unspecified atom stereocenters. The van der Waals surface area contributed by atoms with E-state index in [0.29, 0.717) is 17.0 Å². The zero-order valence-corrected chi connectivity index (χ0v) is 10.3. The molecule has 1 N–H and O–H groups in total. The first-order valence-corrected chi connectivity index (χ1v) is 6.13. The first-order chi connectivity index (χ1) is 6.66. The van der Waals surface area contributed by atoms with Crippen LogP contribution in [0, 0.1) is 5.41 Å². The summed E-state index contributed by atoms with van der Waals surface area (Å²) >= 11 is 11.3. The summed E-state index contributed by atoms with van der Waals surface area (Å²) < 4.78 is 0. The topological polar surface area (TPSA) is 12.0 Å². The van der Waals surface area contributed by atoms with E-state index in [0.717, 1.165) is 6.54 Å². The van der Waals surface area contributed by atoms with Gasteiger partial charge in [-0.15, -0.1) is 0 Å². The SMILES string of the molecule is CC1(CNCC(Cl)=CCl)CCCCC1. The van der Waals surface area contributed by atoms with Crippen molar-refractivity contribution in [3.8, 4) is 0 Å². The van der Waals surface area contributed by atoms with Crippen molar-refractivity contribution in [1.29, 1.82) is 0 Å². The summed E-state index contributed by atoms with van der Waals surface area (Å²) in [6.45, 7) is 4.10. The summed E-state index contributed by atoms with van der Waals surface area (Å²) in [5.74, 6) is 0. The number of hydrogen-bond donors (Lipinski definition) is 1. The molecule has 0 aromatic heterocycles. The van der Waals surface area contributed by atoms with Gasteiger partial charge in [0.05, 0.1) is 0 Å². The predicted octanol–water partition coefficient (Wildman–Crippen LogP) is 3.87. The average Bonchev–Trinajstić information content (AvgIpc) is 2.18. The minimum Gasteiger partial charge on any atom is -0.311 e. The maximum absolute atomic E-state index is 5.80. The molecule has 82 valence electrons. The average molecular weight is 236 g/mol. The maximum atomic E-state index is 5.80. The summed E-state index contributed by atoms with van der Waals surface area (Å²) in [5, 5.41) is 4.05. The highest BCUT2D eigenvalue weighted by Crippen LogP contribution is 2.34. The van der Waals surface area contributed by atoms with Gasteiger partial charge in [0.25, 0.3) is 0 Å². The zero-order chi connectivity index (χ0) is 10.4. The monoisotopic (exact) mass is 235 g/mol. The molecular weight excluding hydrogens is 217 g/mol. The molecule has 0 saturated heterocycles. The highest BCUT2D eigenvalue weighted by Gasteiger charge is 2.25. The van der Waals surface area contributed by atoms with E-state index in [1.807, 2.05) is 0 Å². The number of nitrogens with one attached hydrogen (secondary N) is 1. The van der Waals surface area contributed by atoms with Gasteiger partial charge in [0.15, 0.2) is 0 Å². The van der Waals surface area contributed by atoms with Crippen LogP contribution in [-0.4, -0.2) is 13.1 Å². The van der Waals surface area contributed by atoms with E-state index < -0.39 is 0 Å². The summed E-state index contributed by atoms with van der Waals surface area (Å²) in [6.07, 6.45) is 6.82. The first-order valence-electron chi connectivity index (χ1n) is 5.32. The quantitative estimate of drug-likeness (QED) is 0.781. The second kappa shape index (κ2) is 5.99. The van der Waals surface area contributed by atoms with Gasteiger partial charge in [0.1, 0.15) is 0 Å². The maximum Gasteiger partial charge on any atom is 0.0431 e. The Morgan fingerprint density at radius 3 is 2.57 bits per heavy atom. The third-order valence-corrected chi connectivity index (χ3v) is 3.64. The van der Waals surface area contributed by atoms with Gasteiger partial charge in [-0.25, -0.2) is 0 Å². The van der Waals surface area contributed by atoms with Crippen LogP contribution in [-0.2, 0) is 0 Å². The molecule has 0 heterocycles. The smallest absolute Gasteiger partial charge is 0.0431 e. The van der Waals surface area contributed by atoms with E-state index in [4.69, 9.17) is 23.2 Å². The van der Waals surface area contributed by atoms with Crippen molar-refractivity contribution >= 4 is 23.2 Å². The zero-order valence-electron chi connectivity index (χ0n) is 8.78. The fourth-order valence-corrected chi connectivity index (χ4v) is 2.28. The fraction of sp³-hybridized carbons (Fsp3) is 0.818. The lowest BCUT2D eigenvalue weighted by Gasteiger charge is -2.33. The summed E-state index contributed by atoms with van der Waals surface area (Å²) in [4.78, 5) is 0. The molecule has 0 amide bonds. The lowest BCUT2D eigenvalue weighted by molar-refractivity contribution is 0.210. The van der Waals surface area contributed by atoms with Crippen LogP contribution in [0.25, 0.3) is 0 Å². The Labute approximate surface area is 96.8 Å². The van der Waals surface area contributed by atoms with Crippen LogP contribution in [0.1, 0.15) is 39.0 Å². The molecule has 1 aliphatic rings. The Morgan fingerprint density at radius 1 is 1.36 bits per heavy atom. The van der Waals surface area contributed by atoms with Crippen LogP contribution in [0.3, 0.4) is 0 Å². The van der Waals surface area contributed by atoms with E-state index in [1.165, 1.54) is 37.6 Å². The van der Waals surface area contributed by atoms with Crippen LogP contribution >= 0.6 is 23.2 Å². The van der Waals surface area contributed by atoms with E-state index in [-0.39, 0.29) is 0 Å². The fourth-order valence-electron chi connectivity index (χ4n) is 2.10. The molecule has 1 nitrogen and oxygen atoms in total. The van der Waals surface area contributed by atoms with Crippen molar-refractivity contribution in [2.45, 2.75) is 39.0 Å². The molecule has 1 fully saturated rings. The molecule has 0 bridgehead atoms. The molecule has 0 spiro atoms. The highest BCUT2D eigenvalue weighted by atomic mass is 35.5. The van der Waals surface area contributed by atoms with Crippen LogP contribution in [0.2, 0.25) is 0 Å². The minimum absolute atomic E-state index is 0.474. The van der Waals surface area contributed by atoms with E-state index >= 15 is 0 Å². The molecule has 1 aliphatic carbocycles. The van der Waals surface area contributed by atoms with Gasteiger partial charge < -0.3 is 5.32 Å². The Bertz CT molecular complexity index is 195. The van der Waals surface area contributed by atoms with Crippen LogP contribution < -0.4 is 5.32 Å². The first kappa shape index (κ1) is 12.4. The van der Waals surface area contributed by atoms with Crippen molar-refractivity contribution in [2.75, 3.05) is 13.1 Å². The van der Waals surface area contributed by atoms with Gasteiger partial charge in [-0.2, -0.15) is 0 Å². The van der Waals surface area contributed by atoms with Gasteiger partial charge in [0.2, 0.25) is 0 Å². The lowest BCUT2D eigenvalue weighted by Crippen LogP contribution is -2.34. The standard InChI is InChI=1S/C11H19Cl2N/c1-11(5-3-2-4-6-11)9-14-8-10(13)7-12/h7,14H,2-6,8-9H2,1H3. The van der Waals surface area contributed by atoms with Gasteiger partial charge in [-0.05, 0) is 18.3 Å². The molecule has 0 atom stereocenters. The highest BCUT2D eigenvalue weighted by molar-refractivity contribution is 6.36. The third-order valence-electron chi connectivity index (χ3n) is 3.02. The minimum atomic E-state index is 0.474. The number of hydrogen-bond acceptors (Lipinski definition) is 1. The largest absolute Gasteiger partial charge is 0.311 e. The van der Waals surface area contributed by atoms with Crippen molar-refractivity contribution in [3.05, 3.63) is 10.6 Å². The van der Waals surface area contributed by atoms with E-state index in [1.54, 1.807) is 0 Å². The van der Waals surface area contributed by atoms with Crippen LogP contribution in [0.5, 0.6) is 0 Å². The van der Waals surface area contributed by atoms with Gasteiger partial charge in [-0.3, -0.25) is 0 Å². The van der Waals surface area contributed by atoms with Gasteiger partial charge in [0, 0.05) is 23.7 Å². The van der Waals surface area contributed by atoms with Crippen LogP contribution in [0.15, 0.2) is 10.6 Å². The normalized spacial score (nSPS) is 22.4. The molecule has 14 heavy (non-hydrogen) atoms. The van der Waals surface area contributed by atoms with Gasteiger partial charge >= 0.3 is 0 Å². The molecular formula is C11H19Cl2N. The molecule has 1 rings (SSSR count). The van der Waals surface area contributed by atoms with Crippen molar-refractivity contribution in [1.82, 2.24) is 5.32 Å². The van der Waals surface area contributed by atoms with Crippen molar-refractivity contribution in [2.24, 2.45) is 5.41 Å². The Morgan fingerprint density at radius 2 is 2.00 bits per heavy atom. The molecule has 0 aliphatic heterocycles. The van der Waals surface area contributed by atoms with Gasteiger partial charge in [-0.1, -0.05) is 49.4 Å². The molecule has 3 heteroatoms. The number of rotatable bonds is 4. The van der Waals surface area contributed by atoms with E-state index in [9.17, 15) is 0 Å². The summed E-state index contributed by atoms with van der Waals surface area (Å²) in [6, 6.07) is 0. The van der Waals surface area contributed by atoms with Crippen molar-refractivity contribution in [3.63, 3.8) is 0 Å². The lowest BCUT2D eigenvalue weighted by atomic mass is 9.76. The second-order valence-electron chi connectivity index (χ2n) is 4.53. The Balaban J connectivity index is 2.22. The molecule has 0 radical (unpaired) electrons. The Hall–Kier alpha value is 0.280. The van der Waals surface area contributed by atoms with Crippen LogP contribution in [0.4, 0.5) is 0 Å². The Kier molecular flexibility index (Phi) is 5.29. The number of halogens is 2. The predicted molar refractivity (Wildman–Crippen MR) is 63.9 cm³/mol. The van der Waals surface area contributed by atoms with Crippen molar-refractivity contribution < 1.29 is 0 Å². The summed E-state index contributed by atoms with van der Waals surface area (Å²) in [5.41, 5.74) is 1.90. The molecule has 1 saturated carbocycles.